The molecule has 24 heavy (non-hydrogen) atoms. The van der Waals surface area contributed by atoms with Crippen LogP contribution in [0, 0.1) is 0 Å². The minimum absolute atomic E-state index is 0.211. The number of aromatic hydroxyl groups is 1. The molecular formula is C21H22N2O. The molecule has 0 bridgehead atoms. The van der Waals surface area contributed by atoms with Gasteiger partial charge in [-0.25, -0.2) is 0 Å². The first-order valence-electron chi connectivity index (χ1n) is 8.54. The van der Waals surface area contributed by atoms with Crippen LogP contribution in [0.1, 0.15) is 29.3 Å². The van der Waals surface area contributed by atoms with Crippen LogP contribution >= 0.6 is 0 Å². The Kier molecular flexibility index (Phi) is 4.09. The quantitative estimate of drug-likeness (QED) is 0.784. The van der Waals surface area contributed by atoms with Gasteiger partial charge in [0.15, 0.2) is 0 Å². The minimum atomic E-state index is 0.211. The van der Waals surface area contributed by atoms with E-state index in [1.807, 2.05) is 18.2 Å². The molecule has 4 rings (SSSR count). The fourth-order valence-electron chi connectivity index (χ4n) is 3.69. The van der Waals surface area contributed by atoms with Crippen LogP contribution in [0.4, 0.5) is 0 Å². The smallest absolute Gasteiger partial charge is 0.120 e. The van der Waals surface area contributed by atoms with Crippen molar-refractivity contribution in [3.63, 3.8) is 0 Å². The molecule has 1 aliphatic heterocycles. The van der Waals surface area contributed by atoms with E-state index >= 15 is 0 Å². The average molecular weight is 318 g/mol. The Morgan fingerprint density at radius 3 is 2.50 bits per heavy atom. The number of phenols is 1. The zero-order valence-electron chi connectivity index (χ0n) is 13.7. The van der Waals surface area contributed by atoms with Crippen molar-refractivity contribution in [3.8, 4) is 5.75 Å². The monoisotopic (exact) mass is 318 g/mol. The van der Waals surface area contributed by atoms with Crippen LogP contribution in [0.2, 0.25) is 0 Å². The number of hydrogen-bond donors (Lipinski definition) is 1. The van der Waals surface area contributed by atoms with E-state index in [4.69, 9.17) is 0 Å². The summed E-state index contributed by atoms with van der Waals surface area (Å²) in [4.78, 5) is 2.48. The Hall–Kier alpha value is -2.52. The Bertz CT molecular complexity index is 809. The third-order valence-corrected chi connectivity index (χ3v) is 4.83. The summed E-state index contributed by atoms with van der Waals surface area (Å²) in [6.07, 6.45) is 3.29. The molecule has 1 aromatic heterocycles. The predicted molar refractivity (Wildman–Crippen MR) is 95.9 cm³/mol. The van der Waals surface area contributed by atoms with Gasteiger partial charge < -0.3 is 9.67 Å². The number of aromatic nitrogens is 1. The molecule has 2 aromatic carbocycles. The fraction of sp³-hybridized carbons (Fsp3) is 0.238. The van der Waals surface area contributed by atoms with Gasteiger partial charge in [-0.3, -0.25) is 4.90 Å². The van der Waals surface area contributed by atoms with E-state index in [0.29, 0.717) is 5.75 Å². The predicted octanol–water partition coefficient (Wildman–Crippen LogP) is 4.19. The Morgan fingerprint density at radius 1 is 0.875 bits per heavy atom. The van der Waals surface area contributed by atoms with Crippen molar-refractivity contribution in [1.82, 2.24) is 9.47 Å². The Labute approximate surface area is 142 Å². The van der Waals surface area contributed by atoms with E-state index in [2.05, 4.69) is 58.1 Å². The molecule has 3 aromatic rings. The Balaban J connectivity index is 1.75. The molecule has 0 amide bonds. The molecule has 3 heteroatoms. The summed E-state index contributed by atoms with van der Waals surface area (Å²) in [6.45, 7) is 2.80. The van der Waals surface area contributed by atoms with Gasteiger partial charge in [0.05, 0.1) is 6.04 Å². The summed E-state index contributed by atoms with van der Waals surface area (Å²) in [5.41, 5.74) is 3.61. The molecule has 1 N–H and O–H groups in total. The number of fused-ring (bicyclic) bond motifs is 1. The average Bonchev–Trinajstić information content (AvgIpc) is 2.99. The largest absolute Gasteiger partial charge is 0.508 e. The van der Waals surface area contributed by atoms with E-state index in [1.165, 1.54) is 11.3 Å². The van der Waals surface area contributed by atoms with Crippen molar-refractivity contribution in [3.05, 3.63) is 89.7 Å². The van der Waals surface area contributed by atoms with Gasteiger partial charge in [-0.1, -0.05) is 48.5 Å². The summed E-state index contributed by atoms with van der Waals surface area (Å²) < 4.78 is 2.36. The zero-order valence-corrected chi connectivity index (χ0v) is 13.7. The van der Waals surface area contributed by atoms with Crippen molar-refractivity contribution < 1.29 is 5.11 Å². The van der Waals surface area contributed by atoms with Crippen molar-refractivity contribution >= 4 is 0 Å². The first kappa shape index (κ1) is 15.0. The van der Waals surface area contributed by atoms with Crippen LogP contribution < -0.4 is 0 Å². The number of para-hydroxylation sites is 1. The molecule has 0 spiro atoms. The van der Waals surface area contributed by atoms with E-state index in [0.717, 1.165) is 31.6 Å². The molecule has 0 fully saturated rings. The van der Waals surface area contributed by atoms with Gasteiger partial charge in [0.2, 0.25) is 0 Å². The maximum absolute atomic E-state index is 10.2. The molecule has 1 aliphatic rings. The number of phenolic OH excluding ortho intramolecular Hbond substituents is 1. The summed E-state index contributed by atoms with van der Waals surface area (Å²) >= 11 is 0. The Morgan fingerprint density at radius 2 is 1.67 bits per heavy atom. The number of hydrogen-bond acceptors (Lipinski definition) is 2. The lowest BCUT2D eigenvalue weighted by atomic mass is 10.0. The zero-order chi connectivity index (χ0) is 16.4. The maximum atomic E-state index is 10.2. The van der Waals surface area contributed by atoms with Crippen molar-refractivity contribution in [1.29, 1.82) is 0 Å². The highest BCUT2D eigenvalue weighted by Gasteiger charge is 2.27. The lowest BCUT2D eigenvalue weighted by molar-refractivity contribution is 0.218. The highest BCUT2D eigenvalue weighted by Crippen LogP contribution is 2.33. The van der Waals surface area contributed by atoms with E-state index < -0.39 is 0 Å². The highest BCUT2D eigenvalue weighted by atomic mass is 16.3. The standard InChI is InChI=1S/C21H22N2O/c24-20-12-5-4-10-18(20)16-23-15-7-14-22-13-6-11-19(22)21(23)17-8-2-1-3-9-17/h1-6,8-13,21,24H,7,14-16H2/t21-/m0/s1. The van der Waals surface area contributed by atoms with Crippen LogP contribution in [0.3, 0.4) is 0 Å². The van der Waals surface area contributed by atoms with Crippen LogP contribution in [-0.2, 0) is 13.1 Å². The molecule has 1 atom stereocenters. The second-order valence-corrected chi connectivity index (χ2v) is 6.39. The first-order chi connectivity index (χ1) is 11.8. The van der Waals surface area contributed by atoms with Crippen LogP contribution in [0.5, 0.6) is 5.75 Å². The van der Waals surface area contributed by atoms with Crippen LogP contribution in [-0.4, -0.2) is 21.1 Å². The van der Waals surface area contributed by atoms with Gasteiger partial charge in [-0.05, 0) is 30.2 Å². The highest BCUT2D eigenvalue weighted by molar-refractivity contribution is 5.34. The molecular weight excluding hydrogens is 296 g/mol. The van der Waals surface area contributed by atoms with Crippen molar-refractivity contribution in [2.75, 3.05) is 6.54 Å². The molecule has 2 heterocycles. The van der Waals surface area contributed by atoms with Gasteiger partial charge >= 0.3 is 0 Å². The van der Waals surface area contributed by atoms with Gasteiger partial charge in [-0.2, -0.15) is 0 Å². The topological polar surface area (TPSA) is 28.4 Å². The third-order valence-electron chi connectivity index (χ3n) is 4.83. The van der Waals surface area contributed by atoms with Gasteiger partial charge in [-0.15, -0.1) is 0 Å². The summed E-state index contributed by atoms with van der Waals surface area (Å²) in [6, 6.07) is 22.9. The molecule has 0 saturated carbocycles. The first-order valence-corrected chi connectivity index (χ1v) is 8.54. The number of benzene rings is 2. The van der Waals surface area contributed by atoms with Crippen molar-refractivity contribution in [2.45, 2.75) is 25.6 Å². The van der Waals surface area contributed by atoms with E-state index in [1.54, 1.807) is 6.07 Å². The minimum Gasteiger partial charge on any atom is -0.508 e. The number of aryl methyl sites for hydroxylation is 1. The lowest BCUT2D eigenvalue weighted by Gasteiger charge is -2.30. The van der Waals surface area contributed by atoms with E-state index in [9.17, 15) is 5.11 Å². The second kappa shape index (κ2) is 6.54. The molecule has 0 saturated heterocycles. The van der Waals surface area contributed by atoms with E-state index in [-0.39, 0.29) is 6.04 Å². The number of rotatable bonds is 3. The summed E-state index contributed by atoms with van der Waals surface area (Å²) in [7, 11) is 0. The molecule has 0 radical (unpaired) electrons. The van der Waals surface area contributed by atoms with Crippen LogP contribution in [0.25, 0.3) is 0 Å². The maximum Gasteiger partial charge on any atom is 0.120 e. The normalized spacial score (nSPS) is 18.1. The van der Waals surface area contributed by atoms with Crippen LogP contribution in [0.15, 0.2) is 72.9 Å². The third kappa shape index (κ3) is 2.83. The summed E-state index contributed by atoms with van der Waals surface area (Å²) in [5.74, 6) is 0.379. The second-order valence-electron chi connectivity index (χ2n) is 6.39. The van der Waals surface area contributed by atoms with Gasteiger partial charge in [0, 0.05) is 37.1 Å². The molecule has 0 unspecified atom stereocenters. The number of nitrogens with zero attached hydrogens (tertiary/aromatic N) is 2. The summed E-state index contributed by atoms with van der Waals surface area (Å²) in [5, 5.41) is 10.2. The molecule has 122 valence electrons. The fourth-order valence-corrected chi connectivity index (χ4v) is 3.69. The van der Waals surface area contributed by atoms with Crippen molar-refractivity contribution in [2.24, 2.45) is 0 Å². The molecule has 0 aliphatic carbocycles. The molecule has 3 nitrogen and oxygen atoms in total. The SMILES string of the molecule is Oc1ccccc1CN1CCCn2cccc2[C@@H]1c1ccccc1. The lowest BCUT2D eigenvalue weighted by Crippen LogP contribution is -2.29. The van der Waals surface area contributed by atoms with Gasteiger partial charge in [0.1, 0.15) is 5.75 Å². The van der Waals surface area contributed by atoms with Gasteiger partial charge in [0.25, 0.3) is 0 Å².